The van der Waals surface area contributed by atoms with Crippen LogP contribution in [0.15, 0.2) is 102 Å². The molecule has 0 spiro atoms. The monoisotopic (exact) mass is 725 g/mol. The number of nitrogens with one attached hydrogen (secondary N) is 1. The number of halogens is 3. The van der Waals surface area contributed by atoms with E-state index in [2.05, 4.69) is 5.32 Å². The average molecular weight is 727 g/mol. The summed E-state index contributed by atoms with van der Waals surface area (Å²) in [5.41, 5.74) is 2.47. The first-order chi connectivity index (χ1) is 23.0. The molecular formula is C37H38Cl3N3O4S. The molecule has 1 aliphatic rings. The molecule has 4 aromatic rings. The summed E-state index contributed by atoms with van der Waals surface area (Å²) in [6.07, 6.45) is 5.10. The quantitative estimate of drug-likeness (QED) is 0.159. The summed E-state index contributed by atoms with van der Waals surface area (Å²) in [5, 5.41) is 4.22. The highest BCUT2D eigenvalue weighted by molar-refractivity contribution is 7.92. The van der Waals surface area contributed by atoms with E-state index in [-0.39, 0.29) is 35.5 Å². The SMILES string of the molecule is Cc1ccc(N(CC(=O)N(Cc2ccc(Cl)c(Cl)c2)C(Cc2ccccc2)C(=O)NC2CCCCC2)S(=O)(=O)c2ccccc2)cc1Cl. The van der Waals surface area contributed by atoms with Crippen molar-refractivity contribution in [2.75, 3.05) is 10.8 Å². The van der Waals surface area contributed by atoms with E-state index in [1.165, 1.54) is 23.1 Å². The largest absolute Gasteiger partial charge is 0.352 e. The van der Waals surface area contributed by atoms with Gasteiger partial charge in [-0.3, -0.25) is 13.9 Å². The van der Waals surface area contributed by atoms with Gasteiger partial charge in [0.05, 0.1) is 20.6 Å². The number of aryl methyl sites for hydroxylation is 1. The van der Waals surface area contributed by atoms with Crippen molar-refractivity contribution >= 4 is 62.3 Å². The number of anilines is 1. The zero-order valence-electron chi connectivity index (χ0n) is 26.6. The average Bonchev–Trinajstić information content (AvgIpc) is 3.09. The van der Waals surface area contributed by atoms with E-state index in [1.807, 2.05) is 37.3 Å². The fourth-order valence-corrected chi connectivity index (χ4v) is 7.84. The van der Waals surface area contributed by atoms with E-state index in [0.29, 0.717) is 20.6 Å². The highest BCUT2D eigenvalue weighted by Gasteiger charge is 2.35. The van der Waals surface area contributed by atoms with E-state index < -0.39 is 28.5 Å². The van der Waals surface area contributed by atoms with Crippen molar-refractivity contribution < 1.29 is 18.0 Å². The first kappa shape index (κ1) is 35.7. The minimum Gasteiger partial charge on any atom is -0.352 e. The number of carbonyl (C=O) groups is 2. The molecule has 0 heterocycles. The Morgan fingerprint density at radius 3 is 2.10 bits per heavy atom. The van der Waals surface area contributed by atoms with Gasteiger partial charge in [-0.1, -0.05) is 115 Å². The Morgan fingerprint density at radius 2 is 1.46 bits per heavy atom. The predicted molar refractivity (Wildman–Crippen MR) is 193 cm³/mol. The second-order valence-electron chi connectivity index (χ2n) is 12.1. The van der Waals surface area contributed by atoms with Gasteiger partial charge in [0, 0.05) is 24.0 Å². The maximum Gasteiger partial charge on any atom is 0.264 e. The van der Waals surface area contributed by atoms with E-state index in [9.17, 15) is 18.0 Å². The molecule has 7 nitrogen and oxygen atoms in total. The van der Waals surface area contributed by atoms with Gasteiger partial charge in [0.25, 0.3) is 10.0 Å². The van der Waals surface area contributed by atoms with Crippen LogP contribution >= 0.6 is 34.8 Å². The number of hydrogen-bond donors (Lipinski definition) is 1. The summed E-state index contributed by atoms with van der Waals surface area (Å²) >= 11 is 19.1. The van der Waals surface area contributed by atoms with Gasteiger partial charge in [-0.25, -0.2) is 8.42 Å². The van der Waals surface area contributed by atoms with Crippen LogP contribution in [0.25, 0.3) is 0 Å². The third-order valence-corrected chi connectivity index (χ3v) is 11.5. The maximum atomic E-state index is 14.7. The van der Waals surface area contributed by atoms with Gasteiger partial charge in [0.1, 0.15) is 12.6 Å². The van der Waals surface area contributed by atoms with Crippen molar-refractivity contribution in [3.05, 3.63) is 129 Å². The van der Waals surface area contributed by atoms with Crippen LogP contribution < -0.4 is 9.62 Å². The Bertz CT molecular complexity index is 1840. The topological polar surface area (TPSA) is 86.8 Å². The van der Waals surface area contributed by atoms with Crippen molar-refractivity contribution in [2.24, 2.45) is 0 Å². The highest BCUT2D eigenvalue weighted by atomic mass is 35.5. The normalized spacial score (nSPS) is 14.2. The molecule has 5 rings (SSSR count). The molecule has 1 N–H and O–H groups in total. The molecule has 0 bridgehead atoms. The van der Waals surface area contributed by atoms with E-state index in [1.54, 1.807) is 48.5 Å². The number of benzene rings is 4. The second-order valence-corrected chi connectivity index (χ2v) is 15.2. The predicted octanol–water partition coefficient (Wildman–Crippen LogP) is 8.24. The van der Waals surface area contributed by atoms with E-state index in [4.69, 9.17) is 34.8 Å². The molecule has 0 aromatic heterocycles. The molecule has 252 valence electrons. The molecular weight excluding hydrogens is 689 g/mol. The summed E-state index contributed by atoms with van der Waals surface area (Å²) in [5.74, 6) is -0.869. The van der Waals surface area contributed by atoms with Crippen LogP contribution in [0.1, 0.15) is 48.8 Å². The molecule has 1 atom stereocenters. The summed E-state index contributed by atoms with van der Waals surface area (Å²) in [6.45, 7) is 1.21. The molecule has 1 aliphatic carbocycles. The number of sulfonamides is 1. The number of hydrogen-bond acceptors (Lipinski definition) is 4. The molecule has 1 unspecified atom stereocenters. The van der Waals surface area contributed by atoms with Gasteiger partial charge in [0.2, 0.25) is 11.8 Å². The minimum atomic E-state index is -4.24. The van der Waals surface area contributed by atoms with Crippen molar-refractivity contribution in [1.29, 1.82) is 0 Å². The lowest BCUT2D eigenvalue weighted by Crippen LogP contribution is -2.55. The smallest absolute Gasteiger partial charge is 0.264 e. The molecule has 0 radical (unpaired) electrons. The van der Waals surface area contributed by atoms with Gasteiger partial charge < -0.3 is 10.2 Å². The molecule has 11 heteroatoms. The highest BCUT2D eigenvalue weighted by Crippen LogP contribution is 2.30. The van der Waals surface area contributed by atoms with Gasteiger partial charge in [-0.05, 0) is 72.9 Å². The summed E-state index contributed by atoms with van der Waals surface area (Å²) < 4.78 is 29.4. The zero-order valence-corrected chi connectivity index (χ0v) is 29.7. The maximum absolute atomic E-state index is 14.7. The third kappa shape index (κ3) is 8.91. The van der Waals surface area contributed by atoms with Crippen LogP contribution in [0.4, 0.5) is 5.69 Å². The molecule has 0 aliphatic heterocycles. The standard InChI is InChI=1S/C37H38Cl3N3O4S/c1-26-17-19-30(23-33(26)39)43(48(46,47)31-15-9-4-10-16-31)25-36(44)42(24-28-18-20-32(38)34(40)21-28)35(22-27-11-5-2-6-12-27)37(45)41-29-13-7-3-8-14-29/h2,4-6,9-12,15-21,23,29,35H,3,7-8,13-14,22,24-25H2,1H3,(H,41,45). The number of amides is 2. The summed E-state index contributed by atoms with van der Waals surface area (Å²) in [4.78, 5) is 30.4. The summed E-state index contributed by atoms with van der Waals surface area (Å²) in [6, 6.07) is 26.3. The number of rotatable bonds is 12. The fourth-order valence-electron chi connectivity index (χ4n) is 5.92. The molecule has 4 aromatic carbocycles. The van der Waals surface area contributed by atoms with Crippen LogP contribution in [0.3, 0.4) is 0 Å². The Morgan fingerprint density at radius 1 is 0.792 bits per heavy atom. The van der Waals surface area contributed by atoms with Gasteiger partial charge >= 0.3 is 0 Å². The van der Waals surface area contributed by atoms with Crippen LogP contribution in [0.5, 0.6) is 0 Å². The van der Waals surface area contributed by atoms with Gasteiger partial charge in [0.15, 0.2) is 0 Å². The van der Waals surface area contributed by atoms with E-state index >= 15 is 0 Å². The van der Waals surface area contributed by atoms with Gasteiger partial charge in [-0.15, -0.1) is 0 Å². The van der Waals surface area contributed by atoms with Crippen molar-refractivity contribution in [3.8, 4) is 0 Å². The van der Waals surface area contributed by atoms with Gasteiger partial charge in [-0.2, -0.15) is 0 Å². The summed E-state index contributed by atoms with van der Waals surface area (Å²) in [7, 11) is -4.24. The first-order valence-corrected chi connectivity index (χ1v) is 18.5. The first-order valence-electron chi connectivity index (χ1n) is 15.9. The van der Waals surface area contributed by atoms with E-state index in [0.717, 1.165) is 47.5 Å². The Kier molecular flexibility index (Phi) is 12.1. The Hall–Kier alpha value is -3.56. The van der Waals surface area contributed by atoms with Crippen LogP contribution in [0.2, 0.25) is 15.1 Å². The van der Waals surface area contributed by atoms with Crippen molar-refractivity contribution in [2.45, 2.75) is 69.0 Å². The van der Waals surface area contributed by atoms with Crippen LogP contribution in [0, 0.1) is 6.92 Å². The molecule has 1 saturated carbocycles. The van der Waals surface area contributed by atoms with Crippen LogP contribution in [-0.4, -0.2) is 43.8 Å². The second kappa shape index (κ2) is 16.2. The Balaban J connectivity index is 1.58. The molecule has 48 heavy (non-hydrogen) atoms. The molecule has 2 amide bonds. The lowest BCUT2D eigenvalue weighted by molar-refractivity contribution is -0.140. The molecule has 1 fully saturated rings. The third-order valence-electron chi connectivity index (χ3n) is 8.61. The minimum absolute atomic E-state index is 0.00360. The lowest BCUT2D eigenvalue weighted by Gasteiger charge is -2.35. The fraction of sp³-hybridized carbons (Fsp3) is 0.297. The van der Waals surface area contributed by atoms with Crippen molar-refractivity contribution in [3.63, 3.8) is 0 Å². The zero-order chi connectivity index (χ0) is 34.3. The number of carbonyl (C=O) groups excluding carboxylic acids is 2. The van der Waals surface area contributed by atoms with Crippen molar-refractivity contribution in [1.82, 2.24) is 10.2 Å². The van der Waals surface area contributed by atoms with Crippen LogP contribution in [-0.2, 0) is 32.6 Å². The number of nitrogens with zero attached hydrogens (tertiary/aromatic N) is 2. The Labute approximate surface area is 297 Å². The molecule has 0 saturated heterocycles. The lowest BCUT2D eigenvalue weighted by atomic mass is 9.94.